The lowest BCUT2D eigenvalue weighted by Gasteiger charge is -2.27. The van der Waals surface area contributed by atoms with E-state index in [0.29, 0.717) is 17.3 Å². The number of alkyl halides is 1. The van der Waals surface area contributed by atoms with Crippen LogP contribution in [-0.2, 0) is 15.9 Å². The normalized spacial score (nSPS) is 12.6. The summed E-state index contributed by atoms with van der Waals surface area (Å²) in [5, 5.41) is 0. The van der Waals surface area contributed by atoms with Crippen LogP contribution in [0.2, 0.25) is 0 Å². The summed E-state index contributed by atoms with van der Waals surface area (Å²) >= 11 is 5.77. The first-order valence-corrected chi connectivity index (χ1v) is 8.43. The third-order valence-electron chi connectivity index (χ3n) is 2.78. The minimum Gasteiger partial charge on any atom is -0.207 e. The van der Waals surface area contributed by atoms with Crippen molar-refractivity contribution in [2.24, 2.45) is 5.92 Å². The standard InChI is InChI=1S/C14H22ClNO2S/c1-11(2)10-16(12(3)4)19(17,18)14-7-5-6-13(8-14)9-15/h5-8,11-12H,9-10H2,1-4H3. The predicted molar refractivity (Wildman–Crippen MR) is 79.9 cm³/mol. The molecular weight excluding hydrogens is 282 g/mol. The Hall–Kier alpha value is -0.580. The summed E-state index contributed by atoms with van der Waals surface area (Å²) < 4.78 is 26.9. The Bertz CT molecular complexity index is 512. The van der Waals surface area contributed by atoms with Gasteiger partial charge in [-0.2, -0.15) is 4.31 Å². The highest BCUT2D eigenvalue weighted by Gasteiger charge is 2.27. The molecule has 0 unspecified atom stereocenters. The Morgan fingerprint density at radius 3 is 2.32 bits per heavy atom. The molecule has 0 spiro atoms. The van der Waals surface area contributed by atoms with Gasteiger partial charge in [-0.15, -0.1) is 11.6 Å². The van der Waals surface area contributed by atoms with Crippen LogP contribution < -0.4 is 0 Å². The van der Waals surface area contributed by atoms with Crippen LogP contribution in [-0.4, -0.2) is 25.3 Å². The molecule has 1 aromatic carbocycles. The average Bonchev–Trinajstić information content (AvgIpc) is 2.35. The number of benzene rings is 1. The third kappa shape index (κ3) is 4.20. The van der Waals surface area contributed by atoms with Gasteiger partial charge in [-0.1, -0.05) is 26.0 Å². The molecule has 0 heterocycles. The van der Waals surface area contributed by atoms with Crippen molar-refractivity contribution in [3.05, 3.63) is 29.8 Å². The van der Waals surface area contributed by atoms with Gasteiger partial charge in [0.05, 0.1) is 4.90 Å². The third-order valence-corrected chi connectivity index (χ3v) is 5.13. The number of nitrogens with zero attached hydrogens (tertiary/aromatic N) is 1. The SMILES string of the molecule is CC(C)CN(C(C)C)S(=O)(=O)c1cccc(CCl)c1. The average molecular weight is 304 g/mol. The molecular formula is C14H22ClNO2S. The molecule has 0 bridgehead atoms. The van der Waals surface area contributed by atoms with Crippen LogP contribution in [0.4, 0.5) is 0 Å². The fraction of sp³-hybridized carbons (Fsp3) is 0.571. The van der Waals surface area contributed by atoms with Crippen molar-refractivity contribution >= 4 is 21.6 Å². The minimum atomic E-state index is -3.45. The molecule has 1 aromatic rings. The maximum atomic E-state index is 12.7. The summed E-state index contributed by atoms with van der Waals surface area (Å²) in [4.78, 5) is 0.319. The molecule has 0 aliphatic heterocycles. The molecule has 5 heteroatoms. The second-order valence-corrected chi connectivity index (χ2v) is 7.50. The van der Waals surface area contributed by atoms with Crippen molar-refractivity contribution in [2.75, 3.05) is 6.54 Å². The topological polar surface area (TPSA) is 37.4 Å². The van der Waals surface area contributed by atoms with Crippen molar-refractivity contribution in [1.29, 1.82) is 0 Å². The van der Waals surface area contributed by atoms with Crippen LogP contribution in [0.5, 0.6) is 0 Å². The lowest BCUT2D eigenvalue weighted by molar-refractivity contribution is 0.319. The summed E-state index contributed by atoms with van der Waals surface area (Å²) in [6.45, 7) is 8.34. The molecule has 0 saturated heterocycles. The summed E-state index contributed by atoms with van der Waals surface area (Å²) in [7, 11) is -3.45. The predicted octanol–water partition coefficient (Wildman–Crippen LogP) is 3.48. The van der Waals surface area contributed by atoms with E-state index < -0.39 is 10.0 Å². The molecule has 108 valence electrons. The highest BCUT2D eigenvalue weighted by molar-refractivity contribution is 7.89. The minimum absolute atomic E-state index is 0.0629. The van der Waals surface area contributed by atoms with Crippen LogP contribution in [0.25, 0.3) is 0 Å². The second-order valence-electron chi connectivity index (χ2n) is 5.34. The second kappa shape index (κ2) is 6.73. The maximum absolute atomic E-state index is 12.7. The molecule has 19 heavy (non-hydrogen) atoms. The van der Waals surface area contributed by atoms with Gasteiger partial charge < -0.3 is 0 Å². The van der Waals surface area contributed by atoms with E-state index in [1.165, 1.54) is 0 Å². The molecule has 0 amide bonds. The monoisotopic (exact) mass is 303 g/mol. The summed E-state index contributed by atoms with van der Waals surface area (Å²) in [6.07, 6.45) is 0. The first kappa shape index (κ1) is 16.5. The molecule has 0 atom stereocenters. The molecule has 0 fully saturated rings. The molecule has 0 N–H and O–H groups in total. The van der Waals surface area contributed by atoms with E-state index in [1.807, 2.05) is 33.8 Å². The Balaban J connectivity index is 3.18. The van der Waals surface area contributed by atoms with Gasteiger partial charge in [-0.3, -0.25) is 0 Å². The fourth-order valence-electron chi connectivity index (χ4n) is 1.87. The Morgan fingerprint density at radius 2 is 1.84 bits per heavy atom. The van der Waals surface area contributed by atoms with Crippen LogP contribution >= 0.6 is 11.6 Å². The first-order chi connectivity index (χ1) is 8.78. The zero-order valence-corrected chi connectivity index (χ0v) is 13.5. The molecule has 0 saturated carbocycles. The van der Waals surface area contributed by atoms with E-state index in [0.717, 1.165) is 5.56 Å². The van der Waals surface area contributed by atoms with E-state index in [9.17, 15) is 8.42 Å². The summed E-state index contributed by atoms with van der Waals surface area (Å²) in [6, 6.07) is 6.78. The van der Waals surface area contributed by atoms with E-state index in [-0.39, 0.29) is 12.0 Å². The van der Waals surface area contributed by atoms with E-state index in [1.54, 1.807) is 22.5 Å². The molecule has 0 aromatic heterocycles. The Morgan fingerprint density at radius 1 is 1.21 bits per heavy atom. The van der Waals surface area contributed by atoms with Gasteiger partial charge in [0, 0.05) is 18.5 Å². The van der Waals surface area contributed by atoms with E-state index in [4.69, 9.17) is 11.6 Å². The van der Waals surface area contributed by atoms with Gasteiger partial charge in [-0.05, 0) is 37.5 Å². The molecule has 1 rings (SSSR count). The Kier molecular flexibility index (Phi) is 5.83. The number of hydrogen-bond donors (Lipinski definition) is 0. The quantitative estimate of drug-likeness (QED) is 0.755. The van der Waals surface area contributed by atoms with Crippen molar-refractivity contribution in [3.63, 3.8) is 0 Å². The van der Waals surface area contributed by atoms with Gasteiger partial charge in [0.15, 0.2) is 0 Å². The lowest BCUT2D eigenvalue weighted by atomic mass is 10.2. The first-order valence-electron chi connectivity index (χ1n) is 6.45. The van der Waals surface area contributed by atoms with Gasteiger partial charge in [0.25, 0.3) is 0 Å². The summed E-state index contributed by atoms with van der Waals surface area (Å²) in [5.74, 6) is 0.600. The zero-order valence-electron chi connectivity index (χ0n) is 11.9. The van der Waals surface area contributed by atoms with E-state index in [2.05, 4.69) is 0 Å². The number of halogens is 1. The summed E-state index contributed by atoms with van der Waals surface area (Å²) in [5.41, 5.74) is 0.816. The van der Waals surface area contributed by atoms with Crippen molar-refractivity contribution in [1.82, 2.24) is 4.31 Å². The Labute approximate surface area is 121 Å². The lowest BCUT2D eigenvalue weighted by Crippen LogP contribution is -2.39. The largest absolute Gasteiger partial charge is 0.243 e. The van der Waals surface area contributed by atoms with Crippen molar-refractivity contribution < 1.29 is 8.42 Å². The van der Waals surface area contributed by atoms with Crippen molar-refractivity contribution in [3.8, 4) is 0 Å². The number of rotatable bonds is 6. The number of hydrogen-bond acceptors (Lipinski definition) is 2. The van der Waals surface area contributed by atoms with Crippen LogP contribution in [0.1, 0.15) is 33.3 Å². The van der Waals surface area contributed by atoms with Gasteiger partial charge in [0.1, 0.15) is 0 Å². The molecule has 0 aliphatic carbocycles. The van der Waals surface area contributed by atoms with Gasteiger partial charge in [-0.25, -0.2) is 8.42 Å². The van der Waals surface area contributed by atoms with Crippen LogP contribution in [0.15, 0.2) is 29.2 Å². The van der Waals surface area contributed by atoms with Crippen molar-refractivity contribution in [2.45, 2.75) is 44.5 Å². The van der Waals surface area contributed by atoms with Gasteiger partial charge >= 0.3 is 0 Å². The zero-order chi connectivity index (χ0) is 14.6. The number of sulfonamides is 1. The molecule has 0 radical (unpaired) electrons. The smallest absolute Gasteiger partial charge is 0.207 e. The fourth-order valence-corrected chi connectivity index (χ4v) is 3.91. The highest BCUT2D eigenvalue weighted by Crippen LogP contribution is 2.21. The molecule has 0 aliphatic rings. The van der Waals surface area contributed by atoms with E-state index >= 15 is 0 Å². The maximum Gasteiger partial charge on any atom is 0.243 e. The van der Waals surface area contributed by atoms with Gasteiger partial charge in [0.2, 0.25) is 10.0 Å². The van der Waals surface area contributed by atoms with Crippen LogP contribution in [0, 0.1) is 5.92 Å². The molecule has 3 nitrogen and oxygen atoms in total. The van der Waals surface area contributed by atoms with Crippen LogP contribution in [0.3, 0.4) is 0 Å². The highest BCUT2D eigenvalue weighted by atomic mass is 35.5.